The second kappa shape index (κ2) is 4.63. The molecule has 0 bridgehead atoms. The van der Waals surface area contributed by atoms with Crippen LogP contribution >= 0.6 is 0 Å². The molecule has 3 nitrogen and oxygen atoms in total. The van der Waals surface area contributed by atoms with Gasteiger partial charge in [0.15, 0.2) is 0 Å². The lowest BCUT2D eigenvalue weighted by molar-refractivity contribution is 0.167. The minimum atomic E-state index is -1.23. The molecule has 1 atom stereocenters. The zero-order chi connectivity index (χ0) is 12.4. The summed E-state index contributed by atoms with van der Waals surface area (Å²) >= 11 is 0. The van der Waals surface area contributed by atoms with Crippen molar-refractivity contribution >= 4 is 0 Å². The second-order valence-corrected chi connectivity index (χ2v) is 3.84. The van der Waals surface area contributed by atoms with E-state index in [0.29, 0.717) is 5.69 Å². The van der Waals surface area contributed by atoms with E-state index in [1.54, 1.807) is 24.0 Å². The molecule has 1 heterocycles. The van der Waals surface area contributed by atoms with Gasteiger partial charge in [-0.15, -0.1) is 0 Å². The Hall–Kier alpha value is -1.75. The minimum absolute atomic E-state index is 0.0820. The Balaban J connectivity index is 2.22. The minimum Gasteiger partial charge on any atom is -0.388 e. The van der Waals surface area contributed by atoms with Gasteiger partial charge in [0.2, 0.25) is 0 Å². The summed E-state index contributed by atoms with van der Waals surface area (Å²) in [5.74, 6) is -1.48. The number of hydrogen-bond donors (Lipinski definition) is 1. The van der Waals surface area contributed by atoms with Crippen molar-refractivity contribution in [3.63, 3.8) is 0 Å². The van der Waals surface area contributed by atoms with Crippen molar-refractivity contribution in [1.29, 1.82) is 0 Å². The molecule has 0 aliphatic rings. The van der Waals surface area contributed by atoms with Crippen LogP contribution in [0.25, 0.3) is 0 Å². The van der Waals surface area contributed by atoms with Crippen LogP contribution in [0.5, 0.6) is 0 Å². The number of halogens is 2. The SMILES string of the molecule is Cn1ccc(CC(O)c2c(F)cccc2F)n1. The molecule has 0 fully saturated rings. The Labute approximate surface area is 97.3 Å². The van der Waals surface area contributed by atoms with Crippen LogP contribution < -0.4 is 0 Å². The van der Waals surface area contributed by atoms with Crippen LogP contribution in [0.1, 0.15) is 17.4 Å². The van der Waals surface area contributed by atoms with Gasteiger partial charge in [0.05, 0.1) is 17.4 Å². The molecule has 0 aliphatic carbocycles. The first kappa shape index (κ1) is 11.7. The largest absolute Gasteiger partial charge is 0.388 e. The van der Waals surface area contributed by atoms with Crippen molar-refractivity contribution in [3.8, 4) is 0 Å². The number of benzene rings is 1. The van der Waals surface area contributed by atoms with Crippen LogP contribution in [0.4, 0.5) is 8.78 Å². The smallest absolute Gasteiger partial charge is 0.131 e. The molecule has 2 rings (SSSR count). The van der Waals surface area contributed by atoms with Crippen molar-refractivity contribution in [2.75, 3.05) is 0 Å². The Morgan fingerprint density at radius 3 is 2.47 bits per heavy atom. The van der Waals surface area contributed by atoms with E-state index < -0.39 is 17.7 Å². The van der Waals surface area contributed by atoms with Gasteiger partial charge in [-0.1, -0.05) is 6.07 Å². The molecule has 1 aromatic heterocycles. The van der Waals surface area contributed by atoms with Crippen molar-refractivity contribution in [2.45, 2.75) is 12.5 Å². The molecule has 0 aliphatic heterocycles. The third-order valence-electron chi connectivity index (χ3n) is 2.50. The number of aliphatic hydroxyl groups is 1. The first-order valence-electron chi connectivity index (χ1n) is 5.18. The Bertz CT molecular complexity index is 505. The van der Waals surface area contributed by atoms with E-state index in [0.717, 1.165) is 12.1 Å². The molecular weight excluding hydrogens is 226 g/mol. The first-order chi connectivity index (χ1) is 8.08. The maximum atomic E-state index is 13.4. The predicted octanol–water partition coefficient (Wildman–Crippen LogP) is 1.97. The van der Waals surface area contributed by atoms with Gasteiger partial charge >= 0.3 is 0 Å². The molecule has 0 spiro atoms. The maximum absolute atomic E-state index is 13.4. The highest BCUT2D eigenvalue weighted by molar-refractivity contribution is 5.23. The molecule has 2 aromatic rings. The predicted molar refractivity (Wildman–Crippen MR) is 58.2 cm³/mol. The van der Waals surface area contributed by atoms with Gasteiger partial charge in [0, 0.05) is 19.7 Å². The number of hydrogen-bond acceptors (Lipinski definition) is 2. The molecule has 5 heteroatoms. The standard InChI is InChI=1S/C12H12F2N2O/c1-16-6-5-8(15-16)7-11(17)12-9(13)3-2-4-10(12)14/h2-6,11,17H,7H2,1H3. The molecule has 1 N–H and O–H groups in total. The fourth-order valence-electron chi connectivity index (χ4n) is 1.70. The molecule has 1 unspecified atom stereocenters. The van der Waals surface area contributed by atoms with Gasteiger partial charge in [-0.05, 0) is 18.2 Å². The lowest BCUT2D eigenvalue weighted by Gasteiger charge is -2.11. The van der Waals surface area contributed by atoms with Crippen molar-refractivity contribution < 1.29 is 13.9 Å². The first-order valence-corrected chi connectivity index (χ1v) is 5.18. The van der Waals surface area contributed by atoms with Gasteiger partial charge < -0.3 is 5.11 Å². The van der Waals surface area contributed by atoms with Gasteiger partial charge in [-0.25, -0.2) is 8.78 Å². The summed E-state index contributed by atoms with van der Waals surface area (Å²) in [7, 11) is 1.74. The molecule has 0 saturated carbocycles. The third kappa shape index (κ3) is 2.50. The Morgan fingerprint density at radius 2 is 1.94 bits per heavy atom. The van der Waals surface area contributed by atoms with Crippen LogP contribution in [-0.4, -0.2) is 14.9 Å². The number of aryl methyl sites for hydroxylation is 1. The fourth-order valence-corrected chi connectivity index (χ4v) is 1.70. The number of rotatable bonds is 3. The fraction of sp³-hybridized carbons (Fsp3) is 0.250. The summed E-state index contributed by atoms with van der Waals surface area (Å²) in [6, 6.07) is 5.21. The molecule has 0 saturated heterocycles. The lowest BCUT2D eigenvalue weighted by atomic mass is 10.0. The third-order valence-corrected chi connectivity index (χ3v) is 2.50. The highest BCUT2D eigenvalue weighted by Gasteiger charge is 2.18. The average Bonchev–Trinajstić information content (AvgIpc) is 2.63. The van der Waals surface area contributed by atoms with Crippen LogP contribution in [0.15, 0.2) is 30.5 Å². The van der Waals surface area contributed by atoms with E-state index in [-0.39, 0.29) is 12.0 Å². The van der Waals surface area contributed by atoms with E-state index in [9.17, 15) is 13.9 Å². The molecule has 17 heavy (non-hydrogen) atoms. The van der Waals surface area contributed by atoms with Gasteiger partial charge in [0.25, 0.3) is 0 Å². The van der Waals surface area contributed by atoms with Crippen LogP contribution in [-0.2, 0) is 13.5 Å². The van der Waals surface area contributed by atoms with Crippen LogP contribution in [0.3, 0.4) is 0 Å². The average molecular weight is 238 g/mol. The second-order valence-electron chi connectivity index (χ2n) is 3.84. The van der Waals surface area contributed by atoms with Crippen LogP contribution in [0, 0.1) is 11.6 Å². The summed E-state index contributed by atoms with van der Waals surface area (Å²) in [6.45, 7) is 0. The maximum Gasteiger partial charge on any atom is 0.131 e. The molecular formula is C12H12F2N2O. The number of aliphatic hydroxyl groups excluding tert-OH is 1. The number of nitrogens with zero attached hydrogens (tertiary/aromatic N) is 2. The van der Waals surface area contributed by atoms with E-state index in [2.05, 4.69) is 5.10 Å². The highest BCUT2D eigenvalue weighted by Crippen LogP contribution is 2.23. The van der Waals surface area contributed by atoms with E-state index >= 15 is 0 Å². The normalized spacial score (nSPS) is 12.7. The molecule has 0 radical (unpaired) electrons. The van der Waals surface area contributed by atoms with Crippen LogP contribution in [0.2, 0.25) is 0 Å². The summed E-state index contributed by atoms with van der Waals surface area (Å²) in [5.41, 5.74) is 0.279. The summed E-state index contributed by atoms with van der Waals surface area (Å²) in [4.78, 5) is 0. The zero-order valence-corrected chi connectivity index (χ0v) is 9.27. The topological polar surface area (TPSA) is 38.0 Å². The highest BCUT2D eigenvalue weighted by atomic mass is 19.1. The van der Waals surface area contributed by atoms with E-state index in [4.69, 9.17) is 0 Å². The Kier molecular flexibility index (Phi) is 3.19. The van der Waals surface area contributed by atoms with Gasteiger partial charge in [-0.2, -0.15) is 5.10 Å². The lowest BCUT2D eigenvalue weighted by Crippen LogP contribution is -2.07. The number of aromatic nitrogens is 2. The Morgan fingerprint density at radius 1 is 1.29 bits per heavy atom. The molecule has 90 valence electrons. The zero-order valence-electron chi connectivity index (χ0n) is 9.27. The summed E-state index contributed by atoms with van der Waals surface area (Å²) in [5, 5.41) is 13.9. The van der Waals surface area contributed by atoms with Crippen molar-refractivity contribution in [2.24, 2.45) is 7.05 Å². The quantitative estimate of drug-likeness (QED) is 0.887. The van der Waals surface area contributed by atoms with E-state index in [1.807, 2.05) is 0 Å². The summed E-state index contributed by atoms with van der Waals surface area (Å²) in [6.07, 6.45) is 0.560. The monoisotopic (exact) mass is 238 g/mol. The van der Waals surface area contributed by atoms with Gasteiger partial charge in [-0.3, -0.25) is 4.68 Å². The van der Waals surface area contributed by atoms with Gasteiger partial charge in [0.1, 0.15) is 11.6 Å². The molecule has 1 aromatic carbocycles. The van der Waals surface area contributed by atoms with Crippen molar-refractivity contribution in [1.82, 2.24) is 9.78 Å². The molecule has 0 amide bonds. The van der Waals surface area contributed by atoms with E-state index in [1.165, 1.54) is 6.07 Å². The van der Waals surface area contributed by atoms with Crippen molar-refractivity contribution in [3.05, 3.63) is 53.4 Å². The summed E-state index contributed by atoms with van der Waals surface area (Å²) < 4.78 is 28.3.